The van der Waals surface area contributed by atoms with Crippen LogP contribution in [0.4, 0.5) is 11.5 Å². The van der Waals surface area contributed by atoms with E-state index in [1.165, 1.54) is 6.20 Å². The lowest BCUT2D eigenvalue weighted by Gasteiger charge is -2.10. The number of nitrogens with two attached hydrogens (primary N) is 1. The van der Waals surface area contributed by atoms with Crippen LogP contribution in [0.25, 0.3) is 0 Å². The van der Waals surface area contributed by atoms with Gasteiger partial charge in [-0.2, -0.15) is 0 Å². The number of rotatable bonds is 7. The monoisotopic (exact) mass is 456 g/mol. The maximum Gasteiger partial charge on any atom is 0.234 e. The van der Waals surface area contributed by atoms with Gasteiger partial charge in [0.2, 0.25) is 15.7 Å². The number of benzene rings is 2. The third kappa shape index (κ3) is 5.42. The Labute approximate surface area is 186 Å². The van der Waals surface area contributed by atoms with E-state index in [1.54, 1.807) is 24.3 Å². The molecule has 0 fully saturated rings. The molecule has 0 saturated heterocycles. The van der Waals surface area contributed by atoms with E-state index in [2.05, 4.69) is 15.3 Å². The van der Waals surface area contributed by atoms with Crippen LogP contribution < -0.4 is 11.1 Å². The van der Waals surface area contributed by atoms with Crippen LogP contribution in [0.5, 0.6) is 0 Å². The number of anilines is 2. The van der Waals surface area contributed by atoms with Gasteiger partial charge in [-0.25, -0.2) is 18.4 Å². The number of nitrogen functional groups attached to an aromatic ring is 1. The number of aryl methyl sites for hydroxylation is 1. The molecule has 0 spiro atoms. The molecule has 0 aliphatic carbocycles. The SMILES string of the molecule is Cc1ccccc1NC(=O)CSc1ncc(S(=O)(=O)c2ccc(C(C)C)cc2)c(N)n1. The minimum Gasteiger partial charge on any atom is -0.382 e. The van der Waals surface area contributed by atoms with Gasteiger partial charge in [0.1, 0.15) is 10.7 Å². The molecule has 1 heterocycles. The molecule has 1 amide bonds. The van der Waals surface area contributed by atoms with Crippen molar-refractivity contribution in [3.8, 4) is 0 Å². The zero-order valence-electron chi connectivity index (χ0n) is 17.5. The second-order valence-electron chi connectivity index (χ2n) is 7.28. The van der Waals surface area contributed by atoms with Crippen LogP contribution in [0.3, 0.4) is 0 Å². The third-order valence-corrected chi connectivity index (χ3v) is 7.31. The predicted octanol–water partition coefficient (Wildman–Crippen LogP) is 4.05. The lowest BCUT2D eigenvalue weighted by atomic mass is 10.0. The highest BCUT2D eigenvalue weighted by atomic mass is 32.2. The molecule has 0 aliphatic rings. The molecule has 3 aromatic rings. The molecule has 3 rings (SSSR count). The first-order valence-electron chi connectivity index (χ1n) is 9.64. The Morgan fingerprint density at radius 3 is 2.42 bits per heavy atom. The Morgan fingerprint density at radius 1 is 1.13 bits per heavy atom. The van der Waals surface area contributed by atoms with Gasteiger partial charge in [0.05, 0.1) is 16.8 Å². The van der Waals surface area contributed by atoms with E-state index < -0.39 is 9.84 Å². The average molecular weight is 457 g/mol. The van der Waals surface area contributed by atoms with E-state index in [0.717, 1.165) is 28.6 Å². The molecule has 1 aromatic heterocycles. The number of carbonyl (C=O) groups excluding carboxylic acids is 1. The van der Waals surface area contributed by atoms with Crippen molar-refractivity contribution in [2.75, 3.05) is 16.8 Å². The van der Waals surface area contributed by atoms with Crippen molar-refractivity contribution in [1.29, 1.82) is 0 Å². The molecule has 9 heteroatoms. The fourth-order valence-corrected chi connectivity index (χ4v) is 4.72. The van der Waals surface area contributed by atoms with Gasteiger partial charge in [-0.3, -0.25) is 4.79 Å². The van der Waals surface area contributed by atoms with Crippen LogP contribution in [-0.2, 0) is 14.6 Å². The number of para-hydroxylation sites is 1. The van der Waals surface area contributed by atoms with Gasteiger partial charge in [0.15, 0.2) is 5.16 Å². The Hall–Kier alpha value is -2.91. The minimum atomic E-state index is -3.84. The Balaban J connectivity index is 1.70. The van der Waals surface area contributed by atoms with Gasteiger partial charge in [-0.15, -0.1) is 0 Å². The normalized spacial score (nSPS) is 11.5. The molecule has 7 nitrogen and oxygen atoms in total. The van der Waals surface area contributed by atoms with Gasteiger partial charge in [-0.05, 0) is 42.2 Å². The summed E-state index contributed by atoms with van der Waals surface area (Å²) in [6.07, 6.45) is 1.19. The maximum absolute atomic E-state index is 12.9. The lowest BCUT2D eigenvalue weighted by Crippen LogP contribution is -2.15. The largest absolute Gasteiger partial charge is 0.382 e. The highest BCUT2D eigenvalue weighted by Crippen LogP contribution is 2.27. The van der Waals surface area contributed by atoms with E-state index in [-0.39, 0.29) is 32.4 Å². The summed E-state index contributed by atoms with van der Waals surface area (Å²) in [6, 6.07) is 14.1. The number of nitrogens with zero attached hydrogens (tertiary/aromatic N) is 2. The molecule has 0 aliphatic heterocycles. The first-order valence-corrected chi connectivity index (χ1v) is 12.1. The second-order valence-corrected chi connectivity index (χ2v) is 10.1. The Morgan fingerprint density at radius 2 is 1.81 bits per heavy atom. The van der Waals surface area contributed by atoms with Gasteiger partial charge in [0, 0.05) is 5.69 Å². The maximum atomic E-state index is 12.9. The Kier molecular flexibility index (Phi) is 6.97. The molecule has 31 heavy (non-hydrogen) atoms. The molecular formula is C22H24N4O3S2. The van der Waals surface area contributed by atoms with E-state index in [0.29, 0.717) is 5.92 Å². The summed E-state index contributed by atoms with van der Waals surface area (Å²) in [6.45, 7) is 5.97. The highest BCUT2D eigenvalue weighted by Gasteiger charge is 2.23. The van der Waals surface area contributed by atoms with E-state index in [1.807, 2.05) is 45.0 Å². The number of sulfone groups is 1. The number of thioether (sulfide) groups is 1. The number of hydrogen-bond acceptors (Lipinski definition) is 7. The highest BCUT2D eigenvalue weighted by molar-refractivity contribution is 7.99. The predicted molar refractivity (Wildman–Crippen MR) is 123 cm³/mol. The third-order valence-electron chi connectivity index (χ3n) is 4.66. The zero-order chi connectivity index (χ0) is 22.6. The second kappa shape index (κ2) is 9.49. The molecule has 162 valence electrons. The van der Waals surface area contributed by atoms with Crippen LogP contribution in [-0.4, -0.2) is 30.0 Å². The van der Waals surface area contributed by atoms with Crippen LogP contribution in [0.2, 0.25) is 0 Å². The average Bonchev–Trinajstić information content (AvgIpc) is 2.74. The molecule has 0 unspecified atom stereocenters. The molecule has 2 aromatic carbocycles. The minimum absolute atomic E-state index is 0.0660. The summed E-state index contributed by atoms with van der Waals surface area (Å²) in [5, 5.41) is 3.05. The van der Waals surface area contributed by atoms with Crippen LogP contribution in [0.15, 0.2) is 69.7 Å². The van der Waals surface area contributed by atoms with E-state index in [9.17, 15) is 13.2 Å². The van der Waals surface area contributed by atoms with Crippen molar-refractivity contribution in [3.05, 3.63) is 65.9 Å². The zero-order valence-corrected chi connectivity index (χ0v) is 19.1. The lowest BCUT2D eigenvalue weighted by molar-refractivity contribution is -0.113. The van der Waals surface area contributed by atoms with Crippen molar-refractivity contribution in [1.82, 2.24) is 9.97 Å². The van der Waals surface area contributed by atoms with Crippen LogP contribution in [0, 0.1) is 6.92 Å². The fourth-order valence-electron chi connectivity index (χ4n) is 2.83. The van der Waals surface area contributed by atoms with Crippen molar-refractivity contribution in [3.63, 3.8) is 0 Å². The number of hydrogen-bond donors (Lipinski definition) is 2. The molecule has 0 radical (unpaired) electrons. The van der Waals surface area contributed by atoms with Crippen LogP contribution >= 0.6 is 11.8 Å². The number of amides is 1. The summed E-state index contributed by atoms with van der Waals surface area (Å²) >= 11 is 1.08. The molecule has 3 N–H and O–H groups in total. The van der Waals surface area contributed by atoms with Crippen molar-refractivity contribution in [2.45, 2.75) is 41.6 Å². The Bertz CT molecular complexity index is 1190. The standard InChI is InChI=1S/C22H24N4O3S2/c1-14(2)16-8-10-17(11-9-16)31(28,29)19-12-24-22(26-21(19)23)30-13-20(27)25-18-7-5-4-6-15(18)3/h4-12,14H,13H2,1-3H3,(H,25,27)(H2,23,24,26). The summed E-state index contributed by atoms with van der Waals surface area (Å²) in [5.41, 5.74) is 8.66. The van der Waals surface area contributed by atoms with Gasteiger partial charge in [0.25, 0.3) is 0 Å². The quantitative estimate of drug-likeness (QED) is 0.407. The number of carbonyl (C=O) groups is 1. The summed E-state index contributed by atoms with van der Waals surface area (Å²) in [4.78, 5) is 20.3. The fraction of sp³-hybridized carbons (Fsp3) is 0.227. The summed E-state index contributed by atoms with van der Waals surface area (Å²) in [7, 11) is -3.84. The first-order chi connectivity index (χ1) is 14.7. The first kappa shape index (κ1) is 22.8. The smallest absolute Gasteiger partial charge is 0.234 e. The topological polar surface area (TPSA) is 115 Å². The van der Waals surface area contributed by atoms with Crippen molar-refractivity contribution in [2.24, 2.45) is 0 Å². The summed E-state index contributed by atoms with van der Waals surface area (Å²) < 4.78 is 25.8. The number of nitrogens with one attached hydrogen (secondary N) is 1. The van der Waals surface area contributed by atoms with Gasteiger partial charge < -0.3 is 11.1 Å². The molecule has 0 saturated carbocycles. The molecule has 0 bridgehead atoms. The van der Waals surface area contributed by atoms with E-state index >= 15 is 0 Å². The number of aromatic nitrogens is 2. The van der Waals surface area contributed by atoms with Gasteiger partial charge >= 0.3 is 0 Å². The summed E-state index contributed by atoms with van der Waals surface area (Å²) in [5.74, 6) is -0.00563. The molecule has 0 atom stereocenters. The molecular weight excluding hydrogens is 432 g/mol. The van der Waals surface area contributed by atoms with Crippen molar-refractivity contribution < 1.29 is 13.2 Å². The van der Waals surface area contributed by atoms with E-state index in [4.69, 9.17) is 5.73 Å². The van der Waals surface area contributed by atoms with Crippen molar-refractivity contribution >= 4 is 39.0 Å². The van der Waals surface area contributed by atoms with Crippen LogP contribution in [0.1, 0.15) is 30.9 Å². The van der Waals surface area contributed by atoms with Gasteiger partial charge in [-0.1, -0.05) is 55.9 Å².